The van der Waals surface area contributed by atoms with Crippen molar-refractivity contribution in [2.75, 3.05) is 0 Å². The van der Waals surface area contributed by atoms with Crippen LogP contribution in [-0.2, 0) is 0 Å². The van der Waals surface area contributed by atoms with Gasteiger partial charge in [0, 0.05) is 0 Å². The molecule has 0 heterocycles. The van der Waals surface area contributed by atoms with Gasteiger partial charge in [-0.1, -0.05) is 73.5 Å². The van der Waals surface area contributed by atoms with E-state index in [0.29, 0.717) is 12.6 Å². The predicted molar refractivity (Wildman–Crippen MR) is 108 cm³/mol. The Morgan fingerprint density at radius 2 is 2.04 bits per heavy atom. The van der Waals surface area contributed by atoms with Gasteiger partial charge >= 0.3 is 0 Å². The number of allylic oxidation sites excluding steroid dienone is 11. The van der Waals surface area contributed by atoms with Crippen molar-refractivity contribution in [3.8, 4) is 0 Å². The molecule has 0 saturated heterocycles. The lowest BCUT2D eigenvalue weighted by Crippen LogP contribution is -2.18. The zero-order valence-corrected chi connectivity index (χ0v) is 15.4. The van der Waals surface area contributed by atoms with E-state index in [1.165, 1.54) is 27.7 Å². The van der Waals surface area contributed by atoms with Gasteiger partial charge < -0.3 is 0 Å². The van der Waals surface area contributed by atoms with Crippen LogP contribution >= 0.6 is 0 Å². The van der Waals surface area contributed by atoms with Crippen molar-refractivity contribution < 1.29 is 0 Å². The highest BCUT2D eigenvalue weighted by molar-refractivity contribution is 6.75. The summed E-state index contributed by atoms with van der Waals surface area (Å²) >= 11 is 0. The molecule has 1 atom stereocenters. The van der Waals surface area contributed by atoms with Gasteiger partial charge in [-0.25, -0.2) is 0 Å². The monoisotopic (exact) mass is 306 g/mol. The van der Waals surface area contributed by atoms with E-state index in [-0.39, 0.29) is 0 Å². The molecular formula is C22H31B. The van der Waals surface area contributed by atoms with Gasteiger partial charge in [0.2, 0.25) is 6.71 Å². The summed E-state index contributed by atoms with van der Waals surface area (Å²) in [6, 6.07) is 0. The van der Waals surface area contributed by atoms with Crippen molar-refractivity contribution in [3.63, 3.8) is 0 Å². The molecule has 1 heteroatoms. The minimum Gasteiger partial charge on any atom is -0.108 e. The fourth-order valence-corrected chi connectivity index (χ4v) is 2.92. The Morgan fingerprint density at radius 1 is 1.35 bits per heavy atom. The van der Waals surface area contributed by atoms with Crippen LogP contribution in [0.4, 0.5) is 0 Å². The van der Waals surface area contributed by atoms with Crippen molar-refractivity contribution in [1.82, 2.24) is 0 Å². The summed E-state index contributed by atoms with van der Waals surface area (Å²) in [6.45, 7) is 21.3. The average Bonchev–Trinajstić information content (AvgIpc) is 3.00. The summed E-state index contributed by atoms with van der Waals surface area (Å²) in [4.78, 5) is 0. The molecule has 1 unspecified atom stereocenters. The summed E-state index contributed by atoms with van der Waals surface area (Å²) < 4.78 is 0. The van der Waals surface area contributed by atoms with Crippen LogP contribution in [0.5, 0.6) is 0 Å². The van der Waals surface area contributed by atoms with Crippen LogP contribution in [0, 0.1) is 5.92 Å². The first kappa shape index (κ1) is 19.3. The molecule has 0 fully saturated rings. The van der Waals surface area contributed by atoms with E-state index in [1.807, 2.05) is 13.0 Å². The van der Waals surface area contributed by atoms with Gasteiger partial charge in [-0.15, -0.1) is 18.6 Å². The molecule has 1 rings (SSSR count). The lowest BCUT2D eigenvalue weighted by atomic mass is 9.37. The molecule has 0 N–H and O–H groups in total. The van der Waals surface area contributed by atoms with Crippen LogP contribution in [0.2, 0.25) is 6.32 Å². The summed E-state index contributed by atoms with van der Waals surface area (Å²) in [5, 5.41) is 0. The van der Waals surface area contributed by atoms with Crippen LogP contribution in [-0.4, -0.2) is 6.71 Å². The van der Waals surface area contributed by atoms with Crippen LogP contribution in [0.3, 0.4) is 0 Å². The topological polar surface area (TPSA) is 0 Å². The Morgan fingerprint density at radius 3 is 2.61 bits per heavy atom. The Labute approximate surface area is 143 Å². The second kappa shape index (κ2) is 9.40. The maximum Gasteiger partial charge on any atom is 0.207 e. The highest BCUT2D eigenvalue weighted by Crippen LogP contribution is 2.31. The van der Waals surface area contributed by atoms with Crippen molar-refractivity contribution >= 4 is 6.71 Å². The maximum absolute atomic E-state index is 4.24. The lowest BCUT2D eigenvalue weighted by molar-refractivity contribution is 0.839. The van der Waals surface area contributed by atoms with Gasteiger partial charge in [-0.2, -0.15) is 0 Å². The van der Waals surface area contributed by atoms with E-state index in [4.69, 9.17) is 0 Å². The fourth-order valence-electron chi connectivity index (χ4n) is 2.92. The molecule has 0 radical (unpaired) electrons. The lowest BCUT2D eigenvalue weighted by Gasteiger charge is -2.18. The van der Waals surface area contributed by atoms with Gasteiger partial charge in [0.1, 0.15) is 0 Å². The fraction of sp³-hybridized carbons (Fsp3) is 0.364. The minimum absolute atomic E-state index is 0.385. The van der Waals surface area contributed by atoms with Crippen molar-refractivity contribution in [2.24, 2.45) is 5.92 Å². The first-order chi connectivity index (χ1) is 10.9. The molecule has 0 spiro atoms. The first-order valence-electron chi connectivity index (χ1n) is 8.55. The second-order valence-electron chi connectivity index (χ2n) is 6.51. The molecule has 0 amide bonds. The Bertz CT molecular complexity index is 581. The highest BCUT2D eigenvalue weighted by Gasteiger charge is 2.24. The zero-order valence-electron chi connectivity index (χ0n) is 15.4. The summed E-state index contributed by atoms with van der Waals surface area (Å²) in [6.07, 6.45) is 16.1. The van der Waals surface area contributed by atoms with Crippen LogP contribution in [0.1, 0.15) is 40.5 Å². The molecule has 0 nitrogen and oxygen atoms in total. The van der Waals surface area contributed by atoms with E-state index >= 15 is 0 Å². The molecule has 1 aliphatic carbocycles. The largest absolute Gasteiger partial charge is 0.207 e. The molecule has 1 aliphatic rings. The van der Waals surface area contributed by atoms with E-state index in [0.717, 1.165) is 19.2 Å². The molecule has 0 aliphatic heterocycles. The van der Waals surface area contributed by atoms with Crippen molar-refractivity contribution in [1.29, 1.82) is 0 Å². The van der Waals surface area contributed by atoms with Gasteiger partial charge in [0.05, 0.1) is 0 Å². The first-order valence-corrected chi connectivity index (χ1v) is 8.55. The predicted octanol–water partition coefficient (Wildman–Crippen LogP) is 6.68. The third kappa shape index (κ3) is 5.43. The molecule has 122 valence electrons. The zero-order chi connectivity index (χ0) is 17.4. The molecular weight excluding hydrogens is 275 g/mol. The number of rotatable bonds is 9. The third-order valence-electron chi connectivity index (χ3n) is 4.70. The summed E-state index contributed by atoms with van der Waals surface area (Å²) in [5.74, 6) is 0.427. The van der Waals surface area contributed by atoms with Gasteiger partial charge in [0.15, 0.2) is 0 Å². The minimum atomic E-state index is 0.385. The van der Waals surface area contributed by atoms with Crippen LogP contribution in [0.15, 0.2) is 83.9 Å². The van der Waals surface area contributed by atoms with Gasteiger partial charge in [-0.3, -0.25) is 0 Å². The van der Waals surface area contributed by atoms with Gasteiger partial charge in [0.25, 0.3) is 0 Å². The quantitative estimate of drug-likeness (QED) is 0.253. The van der Waals surface area contributed by atoms with E-state index in [2.05, 4.69) is 70.9 Å². The molecule has 0 aromatic rings. The highest BCUT2D eigenvalue weighted by atomic mass is 14.2. The maximum atomic E-state index is 4.24. The van der Waals surface area contributed by atoms with E-state index in [1.54, 1.807) is 0 Å². The Kier molecular flexibility index (Phi) is 7.88. The smallest absolute Gasteiger partial charge is 0.108 e. The Balaban J connectivity index is 2.96. The number of hydrogen-bond acceptors (Lipinski definition) is 0. The molecule has 0 aromatic heterocycles. The normalized spacial score (nSPS) is 16.1. The standard InChI is InChI=1S/C22H31B/c1-8-10-12-19(6)20(7)15-16-23(17(3)4)22-14-11-13-21(22)18(5)9-2/h8-11,14-15,18H,2-3,6,12-13,16H2,1,4-5,7H3/b10-8-,20-15+. The molecule has 0 bridgehead atoms. The molecule has 0 aromatic carbocycles. The molecule has 23 heavy (non-hydrogen) atoms. The van der Waals surface area contributed by atoms with Crippen molar-refractivity contribution in [3.05, 3.63) is 83.9 Å². The molecule has 0 saturated carbocycles. The van der Waals surface area contributed by atoms with E-state index in [9.17, 15) is 0 Å². The van der Waals surface area contributed by atoms with E-state index < -0.39 is 0 Å². The average molecular weight is 306 g/mol. The van der Waals surface area contributed by atoms with Crippen LogP contribution in [0.25, 0.3) is 0 Å². The van der Waals surface area contributed by atoms with Gasteiger partial charge in [-0.05, 0) is 44.5 Å². The Hall–Kier alpha value is -1.76. The van der Waals surface area contributed by atoms with Crippen molar-refractivity contribution in [2.45, 2.75) is 46.9 Å². The second-order valence-corrected chi connectivity index (χ2v) is 6.51. The van der Waals surface area contributed by atoms with Crippen LogP contribution < -0.4 is 0 Å². The summed E-state index contributed by atoms with van der Waals surface area (Å²) in [7, 11) is 0. The SMILES string of the molecule is C=CC(C)C1=C(B(C/C=C(\C)C(=C)C/C=C\C)C(=C)C)C=CC1. The third-order valence-corrected chi connectivity index (χ3v) is 4.70. The summed E-state index contributed by atoms with van der Waals surface area (Å²) in [5.41, 5.74) is 6.64. The number of hydrogen-bond donors (Lipinski definition) is 0.